The van der Waals surface area contributed by atoms with Crippen LogP contribution in [0.1, 0.15) is 10.4 Å². The lowest BCUT2D eigenvalue weighted by atomic mass is 10.2. The van der Waals surface area contributed by atoms with Gasteiger partial charge in [0, 0.05) is 0 Å². The molecule has 0 aromatic carbocycles. The molecule has 0 fully saturated rings. The smallest absolute Gasteiger partial charge is 0.187 e. The van der Waals surface area contributed by atoms with Crippen LogP contribution in [0.25, 0.3) is 10.6 Å². The van der Waals surface area contributed by atoms with Crippen LogP contribution < -0.4 is 0 Å². The first-order valence-corrected chi connectivity index (χ1v) is 5.08. The minimum atomic E-state index is 0.481. The molecule has 2 rings (SSSR count). The zero-order chi connectivity index (χ0) is 9.26. The van der Waals surface area contributed by atoms with Crippen LogP contribution in [0.5, 0.6) is 0 Å². The Morgan fingerprint density at radius 1 is 1.54 bits per heavy atom. The van der Waals surface area contributed by atoms with Gasteiger partial charge in [0.15, 0.2) is 12.0 Å². The lowest BCUT2D eigenvalue weighted by Crippen LogP contribution is -1.76. The molecule has 0 saturated carbocycles. The second kappa shape index (κ2) is 3.43. The minimum absolute atomic E-state index is 0.481. The molecule has 2 heterocycles. The predicted octanol–water partition coefficient (Wildman–Crippen LogP) is 2.98. The molecule has 0 aliphatic carbocycles. The summed E-state index contributed by atoms with van der Waals surface area (Å²) >= 11 is 4.83. The highest BCUT2D eigenvalue weighted by molar-refractivity contribution is 9.11. The number of hydrogen-bond donors (Lipinski definition) is 0. The number of carbonyl (C=O) groups is 1. The van der Waals surface area contributed by atoms with Crippen LogP contribution in [0.3, 0.4) is 0 Å². The fourth-order valence-electron chi connectivity index (χ4n) is 0.955. The molecular formula is C8H4BrNO2S. The molecule has 0 aliphatic heterocycles. The zero-order valence-corrected chi connectivity index (χ0v) is 8.76. The van der Waals surface area contributed by atoms with Gasteiger partial charge in [-0.2, -0.15) is 0 Å². The average molecular weight is 258 g/mol. The van der Waals surface area contributed by atoms with Gasteiger partial charge >= 0.3 is 0 Å². The summed E-state index contributed by atoms with van der Waals surface area (Å²) in [6, 6.07) is 3.78. The van der Waals surface area contributed by atoms with E-state index >= 15 is 0 Å². The molecule has 2 aromatic rings. The standard InChI is InChI=1S/C8H4BrNO2S/c9-7-2-1-6(13-7)8-5(4-11)3-10-12-8/h1-4H. The van der Waals surface area contributed by atoms with Crippen LogP contribution >= 0.6 is 27.3 Å². The molecule has 0 aliphatic rings. The Morgan fingerprint density at radius 2 is 2.38 bits per heavy atom. The zero-order valence-electron chi connectivity index (χ0n) is 6.36. The summed E-state index contributed by atoms with van der Waals surface area (Å²) in [6.45, 7) is 0. The third kappa shape index (κ3) is 1.57. The maximum atomic E-state index is 10.6. The third-order valence-electron chi connectivity index (χ3n) is 1.52. The van der Waals surface area contributed by atoms with Gasteiger partial charge in [0.2, 0.25) is 0 Å². The van der Waals surface area contributed by atoms with Crippen molar-refractivity contribution in [2.24, 2.45) is 0 Å². The number of aldehydes is 1. The summed E-state index contributed by atoms with van der Waals surface area (Å²) < 4.78 is 5.96. The Hall–Kier alpha value is -0.940. The van der Waals surface area contributed by atoms with E-state index in [1.54, 1.807) is 0 Å². The van der Waals surface area contributed by atoms with E-state index in [0.29, 0.717) is 11.3 Å². The molecule has 0 radical (unpaired) electrons. The summed E-state index contributed by atoms with van der Waals surface area (Å²) in [5.74, 6) is 0.533. The van der Waals surface area contributed by atoms with Gasteiger partial charge in [-0.15, -0.1) is 11.3 Å². The number of nitrogens with zero attached hydrogens (tertiary/aromatic N) is 1. The first-order valence-electron chi connectivity index (χ1n) is 3.47. The molecule has 66 valence electrons. The monoisotopic (exact) mass is 257 g/mol. The van der Waals surface area contributed by atoms with Gasteiger partial charge in [0.1, 0.15) is 0 Å². The SMILES string of the molecule is O=Cc1cnoc1-c1ccc(Br)s1. The van der Waals surface area contributed by atoms with Crippen molar-refractivity contribution in [3.8, 4) is 10.6 Å². The van der Waals surface area contributed by atoms with Gasteiger partial charge in [-0.3, -0.25) is 4.79 Å². The maximum Gasteiger partial charge on any atom is 0.187 e. The molecule has 0 saturated heterocycles. The highest BCUT2D eigenvalue weighted by atomic mass is 79.9. The third-order valence-corrected chi connectivity index (χ3v) is 3.14. The second-order valence-electron chi connectivity index (χ2n) is 2.33. The predicted molar refractivity (Wildman–Crippen MR) is 52.9 cm³/mol. The van der Waals surface area contributed by atoms with Crippen molar-refractivity contribution < 1.29 is 9.32 Å². The number of carbonyl (C=O) groups excluding carboxylic acids is 1. The number of halogens is 1. The summed E-state index contributed by atoms with van der Waals surface area (Å²) in [5.41, 5.74) is 0.481. The molecule has 0 amide bonds. The van der Waals surface area contributed by atoms with Gasteiger partial charge < -0.3 is 4.52 Å². The van der Waals surface area contributed by atoms with E-state index in [0.717, 1.165) is 14.9 Å². The Balaban J connectivity index is 2.51. The fourth-order valence-corrected chi connectivity index (χ4v) is 2.34. The first kappa shape index (κ1) is 8.65. The minimum Gasteiger partial charge on any atom is -0.355 e. The molecule has 0 unspecified atom stereocenters. The number of rotatable bonds is 2. The fraction of sp³-hybridized carbons (Fsp3) is 0. The van der Waals surface area contributed by atoms with E-state index in [1.807, 2.05) is 12.1 Å². The second-order valence-corrected chi connectivity index (χ2v) is 4.79. The van der Waals surface area contributed by atoms with E-state index in [1.165, 1.54) is 17.5 Å². The molecule has 3 nitrogen and oxygen atoms in total. The molecule has 13 heavy (non-hydrogen) atoms. The van der Waals surface area contributed by atoms with Crippen LogP contribution in [-0.4, -0.2) is 11.4 Å². The Kier molecular flexibility index (Phi) is 2.28. The van der Waals surface area contributed by atoms with Crippen LogP contribution in [0.2, 0.25) is 0 Å². The molecule has 0 N–H and O–H groups in total. The van der Waals surface area contributed by atoms with Crippen LogP contribution in [0.15, 0.2) is 26.6 Å². The van der Waals surface area contributed by atoms with E-state index in [2.05, 4.69) is 21.1 Å². The summed E-state index contributed by atoms with van der Waals surface area (Å²) in [7, 11) is 0. The molecule has 5 heteroatoms. The van der Waals surface area contributed by atoms with E-state index in [9.17, 15) is 4.79 Å². The van der Waals surface area contributed by atoms with Gasteiger partial charge in [-0.05, 0) is 28.1 Å². The number of thiophene rings is 1. The van der Waals surface area contributed by atoms with E-state index in [-0.39, 0.29) is 0 Å². The lowest BCUT2D eigenvalue weighted by molar-refractivity contribution is 0.112. The Labute approximate surface area is 86.5 Å². The van der Waals surface area contributed by atoms with Crippen molar-refractivity contribution in [3.63, 3.8) is 0 Å². The van der Waals surface area contributed by atoms with E-state index in [4.69, 9.17) is 4.52 Å². The maximum absolute atomic E-state index is 10.6. The Bertz CT molecular complexity index is 435. The molecule has 0 atom stereocenters. The first-order chi connectivity index (χ1) is 6.31. The normalized spacial score (nSPS) is 10.2. The van der Waals surface area contributed by atoms with Crippen molar-refractivity contribution in [2.75, 3.05) is 0 Å². The molecule has 0 bridgehead atoms. The Morgan fingerprint density at radius 3 is 3.00 bits per heavy atom. The lowest BCUT2D eigenvalue weighted by Gasteiger charge is -1.87. The van der Waals surface area contributed by atoms with Gasteiger partial charge in [-0.25, -0.2) is 0 Å². The highest BCUT2D eigenvalue weighted by Gasteiger charge is 2.11. The van der Waals surface area contributed by atoms with Crippen molar-refractivity contribution in [2.45, 2.75) is 0 Å². The molecule has 0 spiro atoms. The molecular weight excluding hydrogens is 254 g/mol. The summed E-state index contributed by atoms with van der Waals surface area (Å²) in [5, 5.41) is 3.56. The van der Waals surface area contributed by atoms with Gasteiger partial charge in [0.05, 0.1) is 20.4 Å². The van der Waals surface area contributed by atoms with Gasteiger partial charge in [-0.1, -0.05) is 5.16 Å². The number of hydrogen-bond acceptors (Lipinski definition) is 4. The van der Waals surface area contributed by atoms with Gasteiger partial charge in [0.25, 0.3) is 0 Å². The summed E-state index contributed by atoms with van der Waals surface area (Å²) in [6.07, 6.45) is 2.15. The van der Waals surface area contributed by atoms with Crippen LogP contribution in [0.4, 0.5) is 0 Å². The van der Waals surface area contributed by atoms with Crippen molar-refractivity contribution in [1.82, 2.24) is 5.16 Å². The topological polar surface area (TPSA) is 43.1 Å². The number of aromatic nitrogens is 1. The summed E-state index contributed by atoms with van der Waals surface area (Å²) in [4.78, 5) is 11.5. The van der Waals surface area contributed by atoms with Crippen LogP contribution in [0, 0.1) is 0 Å². The van der Waals surface area contributed by atoms with Crippen molar-refractivity contribution in [3.05, 3.63) is 27.7 Å². The average Bonchev–Trinajstić information content (AvgIpc) is 2.71. The highest BCUT2D eigenvalue weighted by Crippen LogP contribution is 2.32. The van der Waals surface area contributed by atoms with Crippen molar-refractivity contribution in [1.29, 1.82) is 0 Å². The largest absolute Gasteiger partial charge is 0.355 e. The quantitative estimate of drug-likeness (QED) is 0.777. The van der Waals surface area contributed by atoms with Crippen LogP contribution in [-0.2, 0) is 0 Å². The van der Waals surface area contributed by atoms with Crippen molar-refractivity contribution >= 4 is 33.6 Å². The van der Waals surface area contributed by atoms with E-state index < -0.39 is 0 Å². The molecule has 2 aromatic heterocycles.